The van der Waals surface area contributed by atoms with Crippen LogP contribution in [-0.4, -0.2) is 11.5 Å². The van der Waals surface area contributed by atoms with Crippen molar-refractivity contribution in [2.75, 3.05) is 11.5 Å². The minimum atomic E-state index is 1.27. The molecule has 0 aromatic rings. The predicted molar refractivity (Wildman–Crippen MR) is 56.0 cm³/mol. The third kappa shape index (κ3) is 40.2. The molecule has 0 heterocycles. The van der Waals surface area contributed by atoms with Crippen molar-refractivity contribution in [1.29, 1.82) is 0 Å². The van der Waals surface area contributed by atoms with E-state index in [1.807, 2.05) is 39.5 Å². The van der Waals surface area contributed by atoms with Crippen LogP contribution >= 0.6 is 11.8 Å². The summed E-state index contributed by atoms with van der Waals surface area (Å²) in [5.74, 6) is 2.60. The van der Waals surface area contributed by atoms with Crippen LogP contribution < -0.4 is 0 Å². The van der Waals surface area contributed by atoms with Crippen molar-refractivity contribution in [3.63, 3.8) is 0 Å². The number of rotatable bonds is 3. The highest BCUT2D eigenvalue weighted by Gasteiger charge is 1.74. The Morgan fingerprint density at radius 1 is 0.900 bits per heavy atom. The molecule has 0 aromatic carbocycles. The van der Waals surface area contributed by atoms with Crippen LogP contribution in [0.15, 0.2) is 0 Å². The van der Waals surface area contributed by atoms with E-state index in [1.165, 1.54) is 17.9 Å². The molecule has 0 aliphatic heterocycles. The van der Waals surface area contributed by atoms with E-state index in [2.05, 4.69) is 13.8 Å². The van der Waals surface area contributed by atoms with Crippen molar-refractivity contribution < 1.29 is 0 Å². The molecule has 0 nitrogen and oxygen atoms in total. The highest BCUT2D eigenvalue weighted by Crippen LogP contribution is 1.98. The molecular formula is C9H24S. The first-order valence-corrected chi connectivity index (χ1v) is 5.65. The normalized spacial score (nSPS) is 6.60. The molecule has 0 amide bonds. The van der Waals surface area contributed by atoms with Gasteiger partial charge >= 0.3 is 0 Å². The SMILES string of the molecule is CC.CC.CCCSCC. The minimum absolute atomic E-state index is 1.27. The fourth-order valence-electron chi connectivity index (χ4n) is 0.289. The Balaban J connectivity index is -0.000000105. The fourth-order valence-corrected chi connectivity index (χ4v) is 0.866. The number of hydrogen-bond acceptors (Lipinski definition) is 1. The lowest BCUT2D eigenvalue weighted by molar-refractivity contribution is 1.11. The second-order valence-electron chi connectivity index (χ2n) is 1.20. The molecule has 0 spiro atoms. The summed E-state index contributed by atoms with van der Waals surface area (Å²) in [7, 11) is 0. The third-order valence-corrected chi connectivity index (χ3v) is 1.66. The summed E-state index contributed by atoms with van der Waals surface area (Å²) in [5.41, 5.74) is 0. The molecule has 0 saturated heterocycles. The van der Waals surface area contributed by atoms with E-state index >= 15 is 0 Å². The molecule has 0 saturated carbocycles. The zero-order valence-electron chi connectivity index (χ0n) is 8.53. The van der Waals surface area contributed by atoms with Crippen molar-refractivity contribution in [3.05, 3.63) is 0 Å². The quantitative estimate of drug-likeness (QED) is 0.563. The zero-order valence-corrected chi connectivity index (χ0v) is 9.35. The first-order valence-electron chi connectivity index (χ1n) is 4.49. The summed E-state index contributed by atoms with van der Waals surface area (Å²) >= 11 is 2.01. The van der Waals surface area contributed by atoms with E-state index < -0.39 is 0 Å². The van der Waals surface area contributed by atoms with Crippen LogP contribution in [0.1, 0.15) is 48.0 Å². The van der Waals surface area contributed by atoms with E-state index in [0.717, 1.165) is 0 Å². The number of thioether (sulfide) groups is 1. The molecule has 0 rings (SSSR count). The molecule has 66 valence electrons. The third-order valence-electron chi connectivity index (χ3n) is 0.553. The number of hydrogen-bond donors (Lipinski definition) is 0. The molecule has 0 fully saturated rings. The van der Waals surface area contributed by atoms with Gasteiger partial charge in [0, 0.05) is 0 Å². The largest absolute Gasteiger partial charge is 0.162 e. The summed E-state index contributed by atoms with van der Waals surface area (Å²) < 4.78 is 0. The average molecular weight is 164 g/mol. The fraction of sp³-hybridized carbons (Fsp3) is 1.00. The Kier molecular flexibility index (Phi) is 57.7. The Morgan fingerprint density at radius 3 is 1.40 bits per heavy atom. The Morgan fingerprint density at radius 2 is 1.30 bits per heavy atom. The summed E-state index contributed by atoms with van der Waals surface area (Å²) in [4.78, 5) is 0. The van der Waals surface area contributed by atoms with Crippen LogP contribution in [0.25, 0.3) is 0 Å². The Bertz CT molecular complexity index is 16.7. The van der Waals surface area contributed by atoms with Gasteiger partial charge in [0.05, 0.1) is 0 Å². The molecule has 0 N–H and O–H groups in total. The van der Waals surface area contributed by atoms with Crippen molar-refractivity contribution in [2.45, 2.75) is 48.0 Å². The van der Waals surface area contributed by atoms with Gasteiger partial charge < -0.3 is 0 Å². The van der Waals surface area contributed by atoms with Gasteiger partial charge in [0.1, 0.15) is 0 Å². The van der Waals surface area contributed by atoms with Gasteiger partial charge in [-0.1, -0.05) is 41.5 Å². The second kappa shape index (κ2) is 34.5. The van der Waals surface area contributed by atoms with Crippen LogP contribution in [0.2, 0.25) is 0 Å². The lowest BCUT2D eigenvalue weighted by Crippen LogP contribution is -1.71. The van der Waals surface area contributed by atoms with Crippen molar-refractivity contribution in [1.82, 2.24) is 0 Å². The van der Waals surface area contributed by atoms with Crippen LogP contribution in [0.4, 0.5) is 0 Å². The monoisotopic (exact) mass is 164 g/mol. The molecule has 0 aliphatic rings. The second-order valence-corrected chi connectivity index (χ2v) is 2.59. The average Bonchev–Trinajstić information content (AvgIpc) is 2.08. The summed E-state index contributed by atoms with van der Waals surface area (Å²) in [6.45, 7) is 12.4. The van der Waals surface area contributed by atoms with Crippen molar-refractivity contribution >= 4 is 11.8 Å². The van der Waals surface area contributed by atoms with Crippen LogP contribution in [0, 0.1) is 0 Å². The lowest BCUT2D eigenvalue weighted by atomic mass is 10.6. The van der Waals surface area contributed by atoms with E-state index in [9.17, 15) is 0 Å². The summed E-state index contributed by atoms with van der Waals surface area (Å²) in [6.07, 6.45) is 1.32. The maximum atomic E-state index is 2.21. The molecule has 0 aromatic heterocycles. The molecular weight excluding hydrogens is 140 g/mol. The van der Waals surface area contributed by atoms with Gasteiger partial charge in [-0.2, -0.15) is 11.8 Å². The lowest BCUT2D eigenvalue weighted by Gasteiger charge is -1.87. The van der Waals surface area contributed by atoms with Gasteiger partial charge in [0.2, 0.25) is 0 Å². The Hall–Kier alpha value is 0.350. The molecule has 0 unspecified atom stereocenters. The van der Waals surface area contributed by atoms with Crippen molar-refractivity contribution in [2.24, 2.45) is 0 Å². The first kappa shape index (κ1) is 16.7. The molecule has 0 aliphatic carbocycles. The van der Waals surface area contributed by atoms with Crippen molar-refractivity contribution in [3.8, 4) is 0 Å². The minimum Gasteiger partial charge on any atom is -0.162 e. The highest BCUT2D eigenvalue weighted by atomic mass is 32.2. The van der Waals surface area contributed by atoms with E-state index in [-0.39, 0.29) is 0 Å². The van der Waals surface area contributed by atoms with Gasteiger partial charge in [-0.15, -0.1) is 0 Å². The van der Waals surface area contributed by atoms with Crippen LogP contribution in [0.5, 0.6) is 0 Å². The topological polar surface area (TPSA) is 0 Å². The Labute approximate surface area is 71.8 Å². The molecule has 0 bridgehead atoms. The highest BCUT2D eigenvalue weighted by molar-refractivity contribution is 7.99. The summed E-state index contributed by atoms with van der Waals surface area (Å²) in [6, 6.07) is 0. The van der Waals surface area contributed by atoms with E-state index in [0.29, 0.717) is 0 Å². The molecule has 10 heavy (non-hydrogen) atoms. The first-order chi connectivity index (χ1) is 4.91. The van der Waals surface area contributed by atoms with Gasteiger partial charge in [-0.3, -0.25) is 0 Å². The maximum absolute atomic E-state index is 2.21. The standard InChI is InChI=1S/C5H12S.2C2H6/c1-3-5-6-4-2;2*1-2/h3-5H2,1-2H3;2*1-2H3. The molecule has 0 atom stereocenters. The molecule has 0 radical (unpaired) electrons. The maximum Gasteiger partial charge on any atom is -0.00703 e. The van der Waals surface area contributed by atoms with Crippen LogP contribution in [0.3, 0.4) is 0 Å². The summed E-state index contributed by atoms with van der Waals surface area (Å²) in [5, 5.41) is 0. The molecule has 1 heteroatoms. The smallest absolute Gasteiger partial charge is 0.00703 e. The van der Waals surface area contributed by atoms with Gasteiger partial charge in [-0.25, -0.2) is 0 Å². The van der Waals surface area contributed by atoms with Gasteiger partial charge in [-0.05, 0) is 17.9 Å². The van der Waals surface area contributed by atoms with Gasteiger partial charge in [0.15, 0.2) is 0 Å². The van der Waals surface area contributed by atoms with Gasteiger partial charge in [0.25, 0.3) is 0 Å². The van der Waals surface area contributed by atoms with E-state index in [4.69, 9.17) is 0 Å². The van der Waals surface area contributed by atoms with Crippen LogP contribution in [-0.2, 0) is 0 Å². The zero-order chi connectivity index (χ0) is 8.83. The predicted octanol–water partition coefficient (Wildman–Crippen LogP) is 4.20. The van der Waals surface area contributed by atoms with E-state index in [1.54, 1.807) is 0 Å².